The fourth-order valence-corrected chi connectivity index (χ4v) is 4.00. The number of piperidine rings is 1. The Labute approximate surface area is 145 Å². The molecule has 1 saturated heterocycles. The second-order valence-corrected chi connectivity index (χ2v) is 8.06. The first kappa shape index (κ1) is 18.0. The smallest absolute Gasteiger partial charge is 0.325 e. The molecule has 0 saturated carbocycles. The predicted octanol–water partition coefficient (Wildman–Crippen LogP) is 2.56. The van der Waals surface area contributed by atoms with E-state index in [0.29, 0.717) is 17.9 Å². The molecule has 2 heterocycles. The van der Waals surface area contributed by atoms with Gasteiger partial charge in [-0.1, -0.05) is 0 Å². The molecule has 0 bridgehead atoms. The summed E-state index contributed by atoms with van der Waals surface area (Å²) >= 11 is 0. The Morgan fingerprint density at radius 1 is 1.32 bits per heavy atom. The molecule has 0 unspecified atom stereocenters. The van der Waals surface area contributed by atoms with Gasteiger partial charge in [0, 0.05) is 18.5 Å². The maximum absolute atomic E-state index is 13.9. The Hall–Kier alpha value is -1.76. The Morgan fingerprint density at radius 3 is 2.68 bits per heavy atom. The number of fused-ring (bicyclic) bond motifs is 1. The number of aromatic nitrogens is 2. The number of nitrogens with zero attached hydrogens (tertiary/aromatic N) is 3. The number of halogens is 1. The molecule has 3 rings (SSSR count). The molecule has 2 aromatic rings. The summed E-state index contributed by atoms with van der Waals surface area (Å²) < 4.78 is 30.0. The number of methoxy groups -OCH3 is 1. The van der Waals surface area contributed by atoms with E-state index in [4.69, 9.17) is 14.5 Å². The van der Waals surface area contributed by atoms with Crippen molar-refractivity contribution in [1.29, 1.82) is 0 Å². The van der Waals surface area contributed by atoms with Gasteiger partial charge >= 0.3 is 7.60 Å². The van der Waals surface area contributed by atoms with Crippen molar-refractivity contribution in [2.75, 3.05) is 31.3 Å². The molecular weight excluding hydrogens is 348 g/mol. The molecule has 9 heteroatoms. The standard InChI is InChI=1S/C16H21FN3O4P/c1-24-15-13(17)3-2-12-14(15)18-10-19-16(12)20-7-4-11(5-8-20)6-9-25(21,22)23/h2-3,10-11H,4-9H2,1H3,(H2,21,22,23). The van der Waals surface area contributed by atoms with E-state index in [1.807, 2.05) is 0 Å². The van der Waals surface area contributed by atoms with E-state index in [1.165, 1.54) is 19.5 Å². The van der Waals surface area contributed by atoms with Crippen LogP contribution in [-0.2, 0) is 4.57 Å². The summed E-state index contributed by atoms with van der Waals surface area (Å²) in [6.45, 7) is 1.47. The minimum Gasteiger partial charge on any atom is -0.491 e. The summed E-state index contributed by atoms with van der Waals surface area (Å²) in [5.74, 6) is 0.675. The number of rotatable bonds is 5. The van der Waals surface area contributed by atoms with Crippen LogP contribution in [-0.4, -0.2) is 46.1 Å². The summed E-state index contributed by atoms with van der Waals surface area (Å²) in [5, 5.41) is 0.731. The third-order valence-electron chi connectivity index (χ3n) is 4.64. The van der Waals surface area contributed by atoms with Gasteiger partial charge in [0.25, 0.3) is 0 Å². The molecule has 1 aromatic carbocycles. The van der Waals surface area contributed by atoms with Crippen LogP contribution >= 0.6 is 7.60 Å². The molecule has 2 N–H and O–H groups in total. The quantitative estimate of drug-likeness (QED) is 0.782. The minimum absolute atomic E-state index is 0.0649. The zero-order valence-electron chi connectivity index (χ0n) is 13.9. The first-order chi connectivity index (χ1) is 11.9. The maximum Gasteiger partial charge on any atom is 0.325 e. The van der Waals surface area contributed by atoms with Gasteiger partial charge in [0.2, 0.25) is 0 Å². The Morgan fingerprint density at radius 2 is 2.04 bits per heavy atom. The molecular formula is C16H21FN3O4P. The van der Waals surface area contributed by atoms with Gasteiger partial charge in [0.05, 0.1) is 13.3 Å². The van der Waals surface area contributed by atoms with Gasteiger partial charge in [0.1, 0.15) is 17.7 Å². The molecule has 1 aliphatic heterocycles. The van der Waals surface area contributed by atoms with Gasteiger partial charge < -0.3 is 19.4 Å². The van der Waals surface area contributed by atoms with Crippen molar-refractivity contribution >= 4 is 24.3 Å². The first-order valence-corrected chi connectivity index (χ1v) is 9.95. The van der Waals surface area contributed by atoms with Crippen LogP contribution in [0.3, 0.4) is 0 Å². The predicted molar refractivity (Wildman–Crippen MR) is 92.5 cm³/mol. The molecule has 1 aliphatic rings. The summed E-state index contributed by atoms with van der Waals surface area (Å²) in [5.41, 5.74) is 0.441. The minimum atomic E-state index is -3.94. The molecule has 1 fully saturated rings. The lowest BCUT2D eigenvalue weighted by Crippen LogP contribution is -2.34. The summed E-state index contributed by atoms with van der Waals surface area (Å²) in [7, 11) is -2.53. The summed E-state index contributed by atoms with van der Waals surface area (Å²) in [6, 6.07) is 3.00. The normalized spacial score (nSPS) is 16.4. The summed E-state index contributed by atoms with van der Waals surface area (Å²) in [4.78, 5) is 28.6. The van der Waals surface area contributed by atoms with Crippen molar-refractivity contribution in [3.63, 3.8) is 0 Å². The topological polar surface area (TPSA) is 95.8 Å². The Balaban J connectivity index is 1.77. The van der Waals surface area contributed by atoms with E-state index in [9.17, 15) is 8.96 Å². The lowest BCUT2D eigenvalue weighted by Gasteiger charge is -2.33. The van der Waals surface area contributed by atoms with Gasteiger partial charge in [0.15, 0.2) is 11.6 Å². The van der Waals surface area contributed by atoms with Gasteiger partial charge in [-0.3, -0.25) is 4.57 Å². The van der Waals surface area contributed by atoms with Gasteiger partial charge in [-0.05, 0) is 37.3 Å². The fourth-order valence-electron chi connectivity index (χ4n) is 3.30. The molecule has 0 spiro atoms. The van der Waals surface area contributed by atoms with E-state index in [-0.39, 0.29) is 11.9 Å². The third-order valence-corrected chi connectivity index (χ3v) is 5.48. The zero-order valence-corrected chi connectivity index (χ0v) is 14.8. The molecule has 0 radical (unpaired) electrons. The van der Waals surface area contributed by atoms with Crippen LogP contribution in [0, 0.1) is 11.7 Å². The molecule has 136 valence electrons. The van der Waals surface area contributed by atoms with Crippen LogP contribution in [0.2, 0.25) is 0 Å². The largest absolute Gasteiger partial charge is 0.491 e. The Bertz CT molecular complexity index is 805. The fraction of sp³-hybridized carbons (Fsp3) is 0.500. The van der Waals surface area contributed by atoms with E-state index < -0.39 is 13.4 Å². The molecule has 1 aromatic heterocycles. The van der Waals surface area contributed by atoms with Crippen molar-refractivity contribution in [2.24, 2.45) is 5.92 Å². The van der Waals surface area contributed by atoms with Crippen molar-refractivity contribution in [2.45, 2.75) is 19.3 Å². The van der Waals surface area contributed by atoms with Gasteiger partial charge in [-0.25, -0.2) is 14.4 Å². The SMILES string of the molecule is COc1c(F)ccc2c(N3CCC(CCP(=O)(O)O)CC3)ncnc12. The second-order valence-electron chi connectivity index (χ2n) is 6.28. The van der Waals surface area contributed by atoms with Crippen LogP contribution < -0.4 is 9.64 Å². The number of anilines is 1. The number of hydrogen-bond acceptors (Lipinski definition) is 5. The lowest BCUT2D eigenvalue weighted by molar-refractivity contribution is 0.350. The summed E-state index contributed by atoms with van der Waals surface area (Å²) in [6.07, 6.45) is 3.54. The van der Waals surface area contributed by atoms with Crippen molar-refractivity contribution in [1.82, 2.24) is 9.97 Å². The van der Waals surface area contributed by atoms with Crippen LogP contribution in [0.1, 0.15) is 19.3 Å². The highest BCUT2D eigenvalue weighted by atomic mass is 31.2. The molecule has 0 aliphatic carbocycles. The highest BCUT2D eigenvalue weighted by Gasteiger charge is 2.25. The maximum atomic E-state index is 13.9. The van der Waals surface area contributed by atoms with E-state index in [2.05, 4.69) is 14.9 Å². The number of hydrogen-bond donors (Lipinski definition) is 2. The van der Waals surface area contributed by atoms with Crippen LogP contribution in [0.15, 0.2) is 18.5 Å². The van der Waals surface area contributed by atoms with Crippen LogP contribution in [0.4, 0.5) is 10.2 Å². The lowest BCUT2D eigenvalue weighted by atomic mass is 9.94. The number of benzene rings is 1. The zero-order chi connectivity index (χ0) is 18.0. The molecule has 25 heavy (non-hydrogen) atoms. The van der Waals surface area contributed by atoms with E-state index in [0.717, 1.165) is 37.1 Å². The Kier molecular flexibility index (Phi) is 5.22. The molecule has 0 amide bonds. The first-order valence-electron chi connectivity index (χ1n) is 8.16. The number of ether oxygens (including phenoxy) is 1. The second kappa shape index (κ2) is 7.23. The van der Waals surface area contributed by atoms with Crippen LogP contribution in [0.25, 0.3) is 10.9 Å². The average Bonchev–Trinajstić information content (AvgIpc) is 2.59. The third kappa shape index (κ3) is 4.08. The van der Waals surface area contributed by atoms with Crippen molar-refractivity contribution in [3.8, 4) is 5.75 Å². The highest BCUT2D eigenvalue weighted by molar-refractivity contribution is 7.51. The van der Waals surface area contributed by atoms with Gasteiger partial charge in [-0.2, -0.15) is 0 Å². The average molecular weight is 369 g/mol. The van der Waals surface area contributed by atoms with Crippen molar-refractivity contribution < 1.29 is 23.5 Å². The highest BCUT2D eigenvalue weighted by Crippen LogP contribution is 2.38. The van der Waals surface area contributed by atoms with Crippen LogP contribution in [0.5, 0.6) is 5.75 Å². The van der Waals surface area contributed by atoms with Gasteiger partial charge in [-0.15, -0.1) is 0 Å². The monoisotopic (exact) mass is 369 g/mol. The molecule has 7 nitrogen and oxygen atoms in total. The molecule has 0 atom stereocenters. The van der Waals surface area contributed by atoms with E-state index in [1.54, 1.807) is 6.07 Å². The van der Waals surface area contributed by atoms with E-state index >= 15 is 0 Å². The van der Waals surface area contributed by atoms with Crippen molar-refractivity contribution in [3.05, 3.63) is 24.3 Å².